The van der Waals surface area contributed by atoms with Gasteiger partial charge in [-0.25, -0.2) is 13.1 Å². The van der Waals surface area contributed by atoms with E-state index in [1.165, 1.54) is 6.08 Å². The molecular weight excluding hydrogens is 230 g/mol. The third kappa shape index (κ3) is 3.94. The monoisotopic (exact) mass is 247 g/mol. The molecule has 1 rings (SSSR count). The van der Waals surface area contributed by atoms with Gasteiger partial charge in [0.1, 0.15) is 0 Å². The molecule has 0 bridgehead atoms. The first-order valence-electron chi connectivity index (χ1n) is 5.28. The van der Waals surface area contributed by atoms with Gasteiger partial charge < -0.3 is 5.11 Å². The molecule has 16 heavy (non-hydrogen) atoms. The van der Waals surface area contributed by atoms with E-state index in [1.54, 1.807) is 0 Å². The zero-order valence-electron chi connectivity index (χ0n) is 9.05. The standard InChI is InChI=1S/C10H17NO4S/c1-2-7-16(14,15)11-9-5-3-8(4-6-9)10(12)13/h2,8-9,11H,1,3-7H2,(H,12,13). The van der Waals surface area contributed by atoms with Crippen LogP contribution in [0.4, 0.5) is 0 Å². The van der Waals surface area contributed by atoms with Crippen LogP contribution in [0.25, 0.3) is 0 Å². The van der Waals surface area contributed by atoms with Gasteiger partial charge in [-0.2, -0.15) is 0 Å². The van der Waals surface area contributed by atoms with Gasteiger partial charge in [0.2, 0.25) is 10.0 Å². The Labute approximate surface area is 95.6 Å². The quantitative estimate of drug-likeness (QED) is 0.702. The van der Waals surface area contributed by atoms with Crippen molar-refractivity contribution in [2.75, 3.05) is 5.75 Å². The summed E-state index contributed by atoms with van der Waals surface area (Å²) < 4.78 is 25.4. The summed E-state index contributed by atoms with van der Waals surface area (Å²) in [6.45, 7) is 3.38. The molecule has 0 saturated heterocycles. The molecule has 5 nitrogen and oxygen atoms in total. The number of hydrogen-bond acceptors (Lipinski definition) is 3. The highest BCUT2D eigenvalue weighted by Crippen LogP contribution is 2.24. The molecule has 0 heterocycles. The van der Waals surface area contributed by atoms with Crippen LogP contribution in [0, 0.1) is 5.92 Å². The first kappa shape index (κ1) is 13.2. The number of carboxylic acid groups (broad SMARTS) is 1. The van der Waals surface area contributed by atoms with Crippen molar-refractivity contribution in [3.8, 4) is 0 Å². The lowest BCUT2D eigenvalue weighted by Gasteiger charge is -2.26. The largest absolute Gasteiger partial charge is 0.481 e. The molecule has 1 aliphatic rings. The van der Waals surface area contributed by atoms with Gasteiger partial charge >= 0.3 is 5.97 Å². The summed E-state index contributed by atoms with van der Waals surface area (Å²) in [5.74, 6) is -1.20. The first-order valence-corrected chi connectivity index (χ1v) is 6.93. The average molecular weight is 247 g/mol. The molecule has 0 aromatic carbocycles. The first-order chi connectivity index (χ1) is 7.44. The summed E-state index contributed by atoms with van der Waals surface area (Å²) in [5, 5.41) is 8.79. The molecule has 1 saturated carbocycles. The molecule has 0 radical (unpaired) electrons. The molecule has 92 valence electrons. The van der Waals surface area contributed by atoms with Crippen LogP contribution in [0.3, 0.4) is 0 Å². The minimum Gasteiger partial charge on any atom is -0.481 e. The number of rotatable bonds is 5. The highest BCUT2D eigenvalue weighted by atomic mass is 32.2. The third-order valence-corrected chi connectivity index (χ3v) is 4.13. The van der Waals surface area contributed by atoms with Crippen LogP contribution in [-0.4, -0.2) is 31.3 Å². The van der Waals surface area contributed by atoms with Gasteiger partial charge in [0.25, 0.3) is 0 Å². The van der Waals surface area contributed by atoms with Crippen molar-refractivity contribution in [1.29, 1.82) is 0 Å². The molecular formula is C10H17NO4S. The van der Waals surface area contributed by atoms with E-state index in [2.05, 4.69) is 11.3 Å². The number of carbonyl (C=O) groups is 1. The van der Waals surface area contributed by atoms with Gasteiger partial charge in [0.15, 0.2) is 0 Å². The molecule has 2 N–H and O–H groups in total. The topological polar surface area (TPSA) is 83.5 Å². The van der Waals surface area contributed by atoms with Crippen molar-refractivity contribution < 1.29 is 18.3 Å². The highest BCUT2D eigenvalue weighted by molar-refractivity contribution is 7.89. The minimum atomic E-state index is -3.28. The van der Waals surface area contributed by atoms with Crippen LogP contribution < -0.4 is 4.72 Å². The molecule has 0 aromatic heterocycles. The Kier molecular flexibility index (Phi) is 4.49. The molecule has 0 spiro atoms. The number of sulfonamides is 1. The fraction of sp³-hybridized carbons (Fsp3) is 0.700. The van der Waals surface area contributed by atoms with Gasteiger partial charge in [-0.05, 0) is 25.7 Å². The second kappa shape index (κ2) is 5.45. The van der Waals surface area contributed by atoms with Crippen LogP contribution in [0.5, 0.6) is 0 Å². The van der Waals surface area contributed by atoms with E-state index in [9.17, 15) is 13.2 Å². The lowest BCUT2D eigenvalue weighted by atomic mass is 9.87. The Morgan fingerprint density at radius 3 is 2.38 bits per heavy atom. The SMILES string of the molecule is C=CCS(=O)(=O)NC1CCC(C(=O)O)CC1. The Bertz CT molecular complexity index is 355. The summed E-state index contributed by atoms with van der Waals surface area (Å²) in [7, 11) is -3.28. The maximum Gasteiger partial charge on any atom is 0.306 e. The second-order valence-electron chi connectivity index (χ2n) is 4.07. The number of nitrogens with one attached hydrogen (secondary N) is 1. The lowest BCUT2D eigenvalue weighted by molar-refractivity contribution is -0.142. The summed E-state index contributed by atoms with van der Waals surface area (Å²) in [6, 6.07) is -0.124. The molecule has 0 aromatic rings. The van der Waals surface area contributed by atoms with Crippen molar-refractivity contribution in [3.63, 3.8) is 0 Å². The van der Waals surface area contributed by atoms with Gasteiger partial charge in [-0.1, -0.05) is 6.08 Å². The van der Waals surface area contributed by atoms with E-state index in [4.69, 9.17) is 5.11 Å². The smallest absolute Gasteiger partial charge is 0.306 e. The average Bonchev–Trinajstić information content (AvgIpc) is 2.17. The summed E-state index contributed by atoms with van der Waals surface area (Å²) >= 11 is 0. The second-order valence-corrected chi connectivity index (χ2v) is 5.87. The van der Waals surface area contributed by atoms with E-state index in [0.29, 0.717) is 25.7 Å². The molecule has 6 heteroatoms. The van der Waals surface area contributed by atoms with E-state index >= 15 is 0 Å². The van der Waals surface area contributed by atoms with Gasteiger partial charge in [0.05, 0.1) is 11.7 Å². The summed E-state index contributed by atoms with van der Waals surface area (Å²) in [6.07, 6.45) is 3.60. The van der Waals surface area contributed by atoms with Crippen molar-refractivity contribution in [2.45, 2.75) is 31.7 Å². The van der Waals surface area contributed by atoms with E-state index in [1.807, 2.05) is 0 Å². The van der Waals surface area contributed by atoms with E-state index in [0.717, 1.165) is 0 Å². The van der Waals surface area contributed by atoms with Gasteiger partial charge in [-0.15, -0.1) is 6.58 Å². The summed E-state index contributed by atoms with van der Waals surface area (Å²) in [4.78, 5) is 10.7. The number of carboxylic acids is 1. The fourth-order valence-electron chi connectivity index (χ4n) is 1.92. The van der Waals surface area contributed by atoms with Crippen LogP contribution in [0.1, 0.15) is 25.7 Å². The zero-order chi connectivity index (χ0) is 12.2. The molecule has 1 aliphatic carbocycles. The van der Waals surface area contributed by atoms with E-state index in [-0.39, 0.29) is 17.7 Å². The molecule has 0 atom stereocenters. The predicted molar refractivity (Wildman–Crippen MR) is 60.5 cm³/mol. The van der Waals surface area contributed by atoms with Gasteiger partial charge in [0, 0.05) is 6.04 Å². The van der Waals surface area contributed by atoms with Crippen LogP contribution >= 0.6 is 0 Å². The van der Waals surface area contributed by atoms with E-state index < -0.39 is 16.0 Å². The van der Waals surface area contributed by atoms with Crippen molar-refractivity contribution >= 4 is 16.0 Å². The van der Waals surface area contributed by atoms with Crippen LogP contribution in [-0.2, 0) is 14.8 Å². The van der Waals surface area contributed by atoms with Crippen molar-refractivity contribution in [2.24, 2.45) is 5.92 Å². The normalized spacial score (nSPS) is 26.2. The predicted octanol–water partition coefficient (Wildman–Crippen LogP) is 0.735. The summed E-state index contributed by atoms with van der Waals surface area (Å²) in [5.41, 5.74) is 0. The van der Waals surface area contributed by atoms with Crippen molar-refractivity contribution in [1.82, 2.24) is 4.72 Å². The third-order valence-electron chi connectivity index (χ3n) is 2.76. The Balaban J connectivity index is 2.43. The van der Waals surface area contributed by atoms with Crippen LogP contribution in [0.15, 0.2) is 12.7 Å². The van der Waals surface area contributed by atoms with Crippen molar-refractivity contribution in [3.05, 3.63) is 12.7 Å². The maximum atomic E-state index is 11.4. The Morgan fingerprint density at radius 2 is 1.94 bits per heavy atom. The number of hydrogen-bond donors (Lipinski definition) is 2. The molecule has 0 unspecified atom stereocenters. The Morgan fingerprint density at radius 1 is 1.38 bits per heavy atom. The highest BCUT2D eigenvalue weighted by Gasteiger charge is 2.27. The molecule has 1 fully saturated rings. The molecule has 0 amide bonds. The Hall–Kier alpha value is -0.880. The maximum absolute atomic E-state index is 11.4. The lowest BCUT2D eigenvalue weighted by Crippen LogP contribution is -2.39. The minimum absolute atomic E-state index is 0.0914. The molecule has 0 aliphatic heterocycles. The fourth-order valence-corrected chi connectivity index (χ4v) is 3.07. The zero-order valence-corrected chi connectivity index (χ0v) is 9.87. The van der Waals surface area contributed by atoms with Gasteiger partial charge in [-0.3, -0.25) is 4.79 Å². The number of aliphatic carboxylic acids is 1. The van der Waals surface area contributed by atoms with Crippen LogP contribution in [0.2, 0.25) is 0 Å².